The Morgan fingerprint density at radius 3 is 2.45 bits per heavy atom. The molecule has 0 fully saturated rings. The Hall–Kier alpha value is -1.92. The van der Waals surface area contributed by atoms with E-state index in [1.807, 2.05) is 0 Å². The number of ether oxygens (including phenoxy) is 1. The monoisotopic (exact) mass is 279 g/mol. The summed E-state index contributed by atoms with van der Waals surface area (Å²) in [5.74, 6) is -0.757. The van der Waals surface area contributed by atoms with Gasteiger partial charge in [-0.1, -0.05) is 12.1 Å². The third-order valence-corrected chi connectivity index (χ3v) is 2.97. The van der Waals surface area contributed by atoms with E-state index in [0.29, 0.717) is 25.1 Å². The Bertz CT molecular complexity index is 445. The molecule has 0 radical (unpaired) electrons. The molecule has 20 heavy (non-hydrogen) atoms. The van der Waals surface area contributed by atoms with Crippen LogP contribution in [0.2, 0.25) is 0 Å². The van der Waals surface area contributed by atoms with Crippen LogP contribution < -0.4 is 16.8 Å². The highest BCUT2D eigenvalue weighted by Crippen LogP contribution is 2.06. The predicted molar refractivity (Wildman–Crippen MR) is 75.9 cm³/mol. The molecule has 0 aromatic heterocycles. The summed E-state index contributed by atoms with van der Waals surface area (Å²) in [4.78, 5) is 22.6. The van der Waals surface area contributed by atoms with Crippen LogP contribution in [0, 0.1) is 0 Å². The molecule has 6 nitrogen and oxygen atoms in total. The number of esters is 1. The first kappa shape index (κ1) is 16.1. The van der Waals surface area contributed by atoms with E-state index in [1.165, 1.54) is 7.11 Å². The van der Waals surface area contributed by atoms with Gasteiger partial charge in [0.2, 0.25) is 5.91 Å². The van der Waals surface area contributed by atoms with Gasteiger partial charge < -0.3 is 21.5 Å². The van der Waals surface area contributed by atoms with E-state index in [-0.39, 0.29) is 17.9 Å². The smallest absolute Gasteiger partial charge is 0.337 e. The molecular weight excluding hydrogens is 258 g/mol. The van der Waals surface area contributed by atoms with Crippen molar-refractivity contribution in [1.29, 1.82) is 0 Å². The van der Waals surface area contributed by atoms with Gasteiger partial charge in [-0.15, -0.1) is 0 Å². The molecule has 0 bridgehead atoms. The van der Waals surface area contributed by atoms with Crippen molar-refractivity contribution in [1.82, 2.24) is 5.32 Å². The average Bonchev–Trinajstić information content (AvgIpc) is 2.46. The van der Waals surface area contributed by atoms with Crippen molar-refractivity contribution in [2.24, 2.45) is 11.5 Å². The predicted octanol–water partition coefficient (Wildman–Crippen LogP) is 0.156. The van der Waals surface area contributed by atoms with Gasteiger partial charge in [0.25, 0.3) is 0 Å². The minimum Gasteiger partial charge on any atom is -0.465 e. The lowest BCUT2D eigenvalue weighted by atomic mass is 10.1. The first-order valence-corrected chi connectivity index (χ1v) is 6.48. The van der Waals surface area contributed by atoms with Crippen molar-refractivity contribution in [3.63, 3.8) is 0 Å². The lowest BCUT2D eigenvalue weighted by Gasteiger charge is -2.15. The number of carbonyl (C=O) groups excluding carboxylic acids is 2. The molecule has 1 rings (SSSR count). The van der Waals surface area contributed by atoms with Crippen LogP contribution in [0.15, 0.2) is 24.3 Å². The SMILES string of the molecule is COC(=O)c1ccc(CN[C@@H](CCCN)C(N)=O)cc1. The maximum atomic E-state index is 11.3. The third-order valence-electron chi connectivity index (χ3n) is 2.97. The molecule has 6 heteroatoms. The van der Waals surface area contributed by atoms with Crippen molar-refractivity contribution in [2.75, 3.05) is 13.7 Å². The molecule has 0 heterocycles. The first-order chi connectivity index (χ1) is 9.58. The van der Waals surface area contributed by atoms with Gasteiger partial charge in [-0.2, -0.15) is 0 Å². The molecule has 0 aliphatic heterocycles. The van der Waals surface area contributed by atoms with E-state index in [0.717, 1.165) is 12.0 Å². The van der Waals surface area contributed by atoms with E-state index in [4.69, 9.17) is 11.5 Å². The molecule has 5 N–H and O–H groups in total. The van der Waals surface area contributed by atoms with E-state index in [1.54, 1.807) is 24.3 Å². The minimum absolute atomic E-state index is 0.373. The van der Waals surface area contributed by atoms with Crippen molar-refractivity contribution in [2.45, 2.75) is 25.4 Å². The number of nitrogens with two attached hydrogens (primary N) is 2. The molecule has 1 atom stereocenters. The fraction of sp³-hybridized carbons (Fsp3) is 0.429. The second-order valence-electron chi connectivity index (χ2n) is 4.46. The van der Waals surface area contributed by atoms with E-state index in [9.17, 15) is 9.59 Å². The maximum Gasteiger partial charge on any atom is 0.337 e. The number of nitrogens with one attached hydrogen (secondary N) is 1. The molecular formula is C14H21N3O3. The van der Waals surface area contributed by atoms with Gasteiger partial charge in [0.15, 0.2) is 0 Å². The second-order valence-corrected chi connectivity index (χ2v) is 4.46. The number of carbonyl (C=O) groups is 2. The molecule has 0 saturated carbocycles. The highest BCUT2D eigenvalue weighted by Gasteiger charge is 2.13. The van der Waals surface area contributed by atoms with Gasteiger partial charge in [-0.25, -0.2) is 4.79 Å². The van der Waals surface area contributed by atoms with E-state index in [2.05, 4.69) is 10.1 Å². The molecule has 1 amide bonds. The van der Waals surface area contributed by atoms with Crippen molar-refractivity contribution in [3.8, 4) is 0 Å². The van der Waals surface area contributed by atoms with Gasteiger partial charge in [-0.05, 0) is 37.1 Å². The topological polar surface area (TPSA) is 107 Å². The number of primary amides is 1. The summed E-state index contributed by atoms with van der Waals surface area (Å²) in [6.45, 7) is 1.03. The van der Waals surface area contributed by atoms with Crippen LogP contribution in [0.5, 0.6) is 0 Å². The number of methoxy groups -OCH3 is 1. The lowest BCUT2D eigenvalue weighted by Crippen LogP contribution is -2.41. The Balaban J connectivity index is 2.55. The van der Waals surface area contributed by atoms with E-state index >= 15 is 0 Å². The average molecular weight is 279 g/mol. The van der Waals surface area contributed by atoms with Crippen molar-refractivity contribution in [3.05, 3.63) is 35.4 Å². The van der Waals surface area contributed by atoms with Crippen LogP contribution in [-0.4, -0.2) is 31.6 Å². The molecule has 0 saturated heterocycles. The summed E-state index contributed by atoms with van der Waals surface area (Å²) in [5.41, 5.74) is 12.2. The quantitative estimate of drug-likeness (QED) is 0.587. The Kier molecular flexibility index (Phi) is 6.69. The number of hydrogen-bond donors (Lipinski definition) is 3. The lowest BCUT2D eigenvalue weighted by molar-refractivity contribution is -0.120. The summed E-state index contributed by atoms with van der Waals surface area (Å²) in [5, 5.41) is 3.09. The Morgan fingerprint density at radius 1 is 1.30 bits per heavy atom. The molecule has 1 aromatic carbocycles. The number of rotatable bonds is 8. The Morgan fingerprint density at radius 2 is 1.95 bits per heavy atom. The summed E-state index contributed by atoms with van der Waals surface area (Å²) < 4.78 is 4.62. The zero-order valence-electron chi connectivity index (χ0n) is 11.6. The first-order valence-electron chi connectivity index (χ1n) is 6.48. The third kappa shape index (κ3) is 4.99. The van der Waals surface area contributed by atoms with Gasteiger partial charge in [0.1, 0.15) is 0 Å². The highest BCUT2D eigenvalue weighted by molar-refractivity contribution is 5.89. The molecule has 110 valence electrons. The second kappa shape index (κ2) is 8.29. The normalized spacial score (nSPS) is 11.9. The van der Waals surface area contributed by atoms with Gasteiger partial charge >= 0.3 is 5.97 Å². The summed E-state index contributed by atoms with van der Waals surface area (Å²) in [6, 6.07) is 6.59. The van der Waals surface area contributed by atoms with Gasteiger partial charge in [-0.3, -0.25) is 4.79 Å². The van der Waals surface area contributed by atoms with Crippen LogP contribution in [-0.2, 0) is 16.1 Å². The van der Waals surface area contributed by atoms with E-state index < -0.39 is 0 Å². The molecule has 0 aliphatic carbocycles. The highest BCUT2D eigenvalue weighted by atomic mass is 16.5. The van der Waals surface area contributed by atoms with Crippen LogP contribution in [0.3, 0.4) is 0 Å². The van der Waals surface area contributed by atoms with Crippen LogP contribution >= 0.6 is 0 Å². The zero-order valence-corrected chi connectivity index (χ0v) is 11.6. The molecule has 0 unspecified atom stereocenters. The van der Waals surface area contributed by atoms with Gasteiger partial charge in [0.05, 0.1) is 18.7 Å². The fourth-order valence-electron chi connectivity index (χ4n) is 1.78. The summed E-state index contributed by atoms with van der Waals surface area (Å²) in [6.07, 6.45) is 1.36. The summed E-state index contributed by atoms with van der Waals surface area (Å²) >= 11 is 0. The number of hydrogen-bond acceptors (Lipinski definition) is 5. The molecule has 0 spiro atoms. The van der Waals surface area contributed by atoms with Gasteiger partial charge in [0, 0.05) is 6.54 Å². The molecule has 0 aliphatic rings. The van der Waals surface area contributed by atoms with Crippen LogP contribution in [0.1, 0.15) is 28.8 Å². The van der Waals surface area contributed by atoms with Crippen LogP contribution in [0.25, 0.3) is 0 Å². The number of amides is 1. The van der Waals surface area contributed by atoms with Crippen molar-refractivity contribution >= 4 is 11.9 Å². The standard InChI is InChI=1S/C14H21N3O3/c1-20-14(19)11-6-4-10(5-7-11)9-17-12(13(16)18)3-2-8-15/h4-7,12,17H,2-3,8-9,15H2,1H3,(H2,16,18)/t12-/m0/s1. The fourth-order valence-corrected chi connectivity index (χ4v) is 1.78. The van der Waals surface area contributed by atoms with Crippen LogP contribution in [0.4, 0.5) is 0 Å². The summed E-state index contributed by atoms with van der Waals surface area (Å²) in [7, 11) is 1.34. The zero-order chi connectivity index (χ0) is 15.0. The molecule has 1 aromatic rings. The Labute approximate surface area is 118 Å². The largest absolute Gasteiger partial charge is 0.465 e. The number of benzene rings is 1. The minimum atomic E-state index is -0.390. The maximum absolute atomic E-state index is 11.3. The van der Waals surface area contributed by atoms with Crippen molar-refractivity contribution < 1.29 is 14.3 Å².